The summed E-state index contributed by atoms with van der Waals surface area (Å²) in [4.78, 5) is 10.7. The molecule has 0 saturated carbocycles. The van der Waals surface area contributed by atoms with Gasteiger partial charge in [0.15, 0.2) is 11.5 Å². The zero-order valence-corrected chi connectivity index (χ0v) is 10.2. The third kappa shape index (κ3) is 2.30. The lowest BCUT2D eigenvalue weighted by Gasteiger charge is -2.10. The van der Waals surface area contributed by atoms with Crippen LogP contribution < -0.4 is 9.47 Å². The number of aromatic hydroxyl groups is 1. The van der Waals surface area contributed by atoms with Crippen LogP contribution in [0.15, 0.2) is 22.7 Å². The zero-order chi connectivity index (χ0) is 14.0. The molecule has 2 aromatic rings. The van der Waals surface area contributed by atoms with Crippen molar-refractivity contribution >= 4 is 5.97 Å². The fraction of sp³-hybridized carbons (Fsp3) is 0.167. The number of aromatic carboxylic acids is 1. The first-order valence-electron chi connectivity index (χ1n) is 5.22. The largest absolute Gasteiger partial charge is 0.507 e. The van der Waals surface area contributed by atoms with Crippen molar-refractivity contribution in [2.45, 2.75) is 0 Å². The van der Waals surface area contributed by atoms with Crippen LogP contribution in [-0.2, 0) is 0 Å². The number of methoxy groups -OCH3 is 2. The number of hydrogen-bond donors (Lipinski definition) is 2. The predicted molar refractivity (Wildman–Crippen MR) is 63.7 cm³/mol. The van der Waals surface area contributed by atoms with Crippen LogP contribution in [-0.4, -0.2) is 35.6 Å². The van der Waals surface area contributed by atoms with Gasteiger partial charge in [0.05, 0.1) is 14.2 Å². The monoisotopic (exact) mass is 265 g/mol. The average molecular weight is 265 g/mol. The molecule has 0 amide bonds. The zero-order valence-electron chi connectivity index (χ0n) is 10.2. The van der Waals surface area contributed by atoms with Gasteiger partial charge in [0.1, 0.15) is 11.4 Å². The number of benzene rings is 1. The van der Waals surface area contributed by atoms with Gasteiger partial charge in [0.25, 0.3) is 0 Å². The summed E-state index contributed by atoms with van der Waals surface area (Å²) in [6.07, 6.45) is 0. The Labute approximate surface area is 108 Å². The second-order valence-corrected chi connectivity index (χ2v) is 3.61. The molecule has 0 unspecified atom stereocenters. The van der Waals surface area contributed by atoms with E-state index in [-0.39, 0.29) is 22.8 Å². The van der Waals surface area contributed by atoms with E-state index in [0.29, 0.717) is 11.5 Å². The lowest BCUT2D eigenvalue weighted by molar-refractivity contribution is 0.0652. The lowest BCUT2D eigenvalue weighted by Crippen LogP contribution is -1.92. The Morgan fingerprint density at radius 3 is 2.37 bits per heavy atom. The number of phenols is 1. The number of aromatic nitrogens is 1. The Bertz CT molecular complexity index is 619. The number of rotatable bonds is 4. The maximum Gasteiger partial charge on any atom is 0.374 e. The molecule has 0 aliphatic carbocycles. The average Bonchev–Trinajstić information content (AvgIpc) is 2.87. The summed E-state index contributed by atoms with van der Waals surface area (Å²) < 4.78 is 14.8. The molecule has 2 rings (SSSR count). The smallest absolute Gasteiger partial charge is 0.374 e. The topological polar surface area (TPSA) is 102 Å². The molecule has 1 aromatic heterocycles. The van der Waals surface area contributed by atoms with Gasteiger partial charge >= 0.3 is 5.97 Å². The van der Waals surface area contributed by atoms with Crippen molar-refractivity contribution in [2.75, 3.05) is 14.2 Å². The molecule has 0 fully saturated rings. The van der Waals surface area contributed by atoms with Crippen molar-refractivity contribution < 1.29 is 29.0 Å². The molecule has 1 aromatic carbocycles. The maximum atomic E-state index is 10.7. The molecule has 0 saturated heterocycles. The molecule has 7 heteroatoms. The maximum absolute atomic E-state index is 10.7. The van der Waals surface area contributed by atoms with Crippen LogP contribution in [0.25, 0.3) is 11.3 Å². The molecule has 7 nitrogen and oxygen atoms in total. The molecule has 19 heavy (non-hydrogen) atoms. The van der Waals surface area contributed by atoms with Gasteiger partial charge in [-0.15, -0.1) is 0 Å². The summed E-state index contributed by atoms with van der Waals surface area (Å²) in [5, 5.41) is 22.2. The number of carboxylic acid groups (broad SMARTS) is 1. The molecule has 0 aliphatic heterocycles. The van der Waals surface area contributed by atoms with Crippen molar-refractivity contribution in [3.8, 4) is 28.5 Å². The van der Waals surface area contributed by atoms with Gasteiger partial charge in [-0.05, 0) is 6.07 Å². The first kappa shape index (κ1) is 12.7. The van der Waals surface area contributed by atoms with E-state index < -0.39 is 5.97 Å². The fourth-order valence-electron chi connectivity index (χ4n) is 1.58. The summed E-state index contributed by atoms with van der Waals surface area (Å²) in [6, 6.07) is 4.05. The summed E-state index contributed by atoms with van der Waals surface area (Å²) in [5.74, 6) is -0.938. The molecule has 1 heterocycles. The minimum atomic E-state index is -1.24. The quantitative estimate of drug-likeness (QED) is 0.868. The molecule has 0 aliphatic rings. The van der Waals surface area contributed by atoms with Crippen LogP contribution in [0.2, 0.25) is 0 Å². The number of carbonyl (C=O) groups is 1. The van der Waals surface area contributed by atoms with E-state index in [2.05, 4.69) is 9.68 Å². The molecular weight excluding hydrogens is 254 g/mol. The van der Waals surface area contributed by atoms with Crippen LogP contribution in [0.5, 0.6) is 17.2 Å². The first-order chi connectivity index (χ1) is 9.06. The van der Waals surface area contributed by atoms with Crippen LogP contribution in [0.1, 0.15) is 10.6 Å². The minimum Gasteiger partial charge on any atom is -0.507 e. The normalized spacial score (nSPS) is 10.2. The van der Waals surface area contributed by atoms with Crippen LogP contribution in [0.4, 0.5) is 0 Å². The second kappa shape index (κ2) is 4.89. The van der Waals surface area contributed by atoms with Gasteiger partial charge in [-0.2, -0.15) is 0 Å². The van der Waals surface area contributed by atoms with Crippen LogP contribution in [0.3, 0.4) is 0 Å². The van der Waals surface area contributed by atoms with E-state index in [9.17, 15) is 9.90 Å². The molecule has 100 valence electrons. The van der Waals surface area contributed by atoms with Crippen LogP contribution in [0, 0.1) is 0 Å². The predicted octanol–water partition coefficient (Wildman–Crippen LogP) is 1.76. The first-order valence-corrected chi connectivity index (χ1v) is 5.22. The van der Waals surface area contributed by atoms with Gasteiger partial charge in [0.2, 0.25) is 5.76 Å². The number of nitrogens with zero attached hydrogens (tertiary/aromatic N) is 1. The van der Waals surface area contributed by atoms with Gasteiger partial charge in [-0.1, -0.05) is 5.16 Å². The highest BCUT2D eigenvalue weighted by Crippen LogP contribution is 2.39. The second-order valence-electron chi connectivity index (χ2n) is 3.61. The van der Waals surface area contributed by atoms with Crippen molar-refractivity contribution in [1.82, 2.24) is 5.16 Å². The molecular formula is C12H11NO6. The summed E-state index contributed by atoms with van der Waals surface area (Å²) >= 11 is 0. The third-order valence-corrected chi connectivity index (χ3v) is 2.50. The number of phenolic OH excluding ortho intramolecular Hbond substituents is 1. The van der Waals surface area contributed by atoms with Gasteiger partial charge in [-0.3, -0.25) is 0 Å². The molecule has 2 N–H and O–H groups in total. The molecule has 0 bridgehead atoms. The summed E-state index contributed by atoms with van der Waals surface area (Å²) in [7, 11) is 2.89. The van der Waals surface area contributed by atoms with Crippen molar-refractivity contribution in [3.05, 3.63) is 24.0 Å². The summed E-state index contributed by atoms with van der Waals surface area (Å²) in [6.45, 7) is 0. The van der Waals surface area contributed by atoms with E-state index in [1.54, 1.807) is 0 Å². The lowest BCUT2D eigenvalue weighted by atomic mass is 10.1. The number of carboxylic acids is 1. The van der Waals surface area contributed by atoms with Gasteiger partial charge in [-0.25, -0.2) is 4.79 Å². The minimum absolute atomic E-state index is 0.122. The standard InChI is InChI=1S/C12H11NO6/c1-17-9-3-6(8(14)5-10(9)18-2)7-4-11(12(15)16)19-13-7/h3-5,14H,1-2H3,(H,15,16). The van der Waals surface area contributed by atoms with E-state index >= 15 is 0 Å². The van der Waals surface area contributed by atoms with Gasteiger partial charge < -0.3 is 24.2 Å². The highest BCUT2D eigenvalue weighted by Gasteiger charge is 2.17. The molecule has 0 radical (unpaired) electrons. The Morgan fingerprint density at radius 2 is 1.84 bits per heavy atom. The van der Waals surface area contributed by atoms with Crippen molar-refractivity contribution in [1.29, 1.82) is 0 Å². The molecule has 0 atom stereocenters. The SMILES string of the molecule is COc1cc(O)c(-c2cc(C(=O)O)on2)cc1OC. The van der Waals surface area contributed by atoms with E-state index in [4.69, 9.17) is 14.6 Å². The number of ether oxygens (including phenoxy) is 2. The van der Waals surface area contributed by atoms with Crippen molar-refractivity contribution in [2.24, 2.45) is 0 Å². The molecule has 0 spiro atoms. The number of hydrogen-bond acceptors (Lipinski definition) is 6. The van der Waals surface area contributed by atoms with E-state index in [1.807, 2.05) is 0 Å². The fourth-order valence-corrected chi connectivity index (χ4v) is 1.58. The van der Waals surface area contributed by atoms with Gasteiger partial charge in [0, 0.05) is 17.7 Å². The van der Waals surface area contributed by atoms with Crippen molar-refractivity contribution in [3.63, 3.8) is 0 Å². The Morgan fingerprint density at radius 1 is 1.21 bits per heavy atom. The van der Waals surface area contributed by atoms with Crippen LogP contribution >= 0.6 is 0 Å². The van der Waals surface area contributed by atoms with E-state index in [0.717, 1.165) is 0 Å². The highest BCUT2D eigenvalue weighted by molar-refractivity contribution is 5.86. The van der Waals surface area contributed by atoms with E-state index in [1.165, 1.54) is 32.4 Å². The Hall–Kier alpha value is -2.70. The summed E-state index contributed by atoms with van der Waals surface area (Å²) in [5.41, 5.74) is 0.477. The Balaban J connectivity index is 2.51. The highest BCUT2D eigenvalue weighted by atomic mass is 16.5. The third-order valence-electron chi connectivity index (χ3n) is 2.50. The Kier molecular flexibility index (Phi) is 3.28.